The highest BCUT2D eigenvalue weighted by Gasteiger charge is 2.22. The monoisotopic (exact) mass is 183 g/mol. The van der Waals surface area contributed by atoms with Crippen molar-refractivity contribution < 1.29 is 15.7 Å². The van der Waals surface area contributed by atoms with Crippen LogP contribution in [0.4, 0.5) is 5.69 Å². The number of benzene rings is 1. The molecule has 1 heterocycles. The van der Waals surface area contributed by atoms with Gasteiger partial charge in [-0.15, -0.1) is 0 Å². The molecule has 0 atom stereocenters. The van der Waals surface area contributed by atoms with Crippen LogP contribution in [0.3, 0.4) is 0 Å². The SMILES string of the molecule is CN1C(=O)Cc2ccccc21.O.O. The molecule has 4 heteroatoms. The largest absolute Gasteiger partial charge is 0.412 e. The Kier molecular flexibility index (Phi) is 3.59. The van der Waals surface area contributed by atoms with E-state index in [9.17, 15) is 4.79 Å². The van der Waals surface area contributed by atoms with Gasteiger partial charge < -0.3 is 15.9 Å². The van der Waals surface area contributed by atoms with Crippen LogP contribution in [0.5, 0.6) is 0 Å². The van der Waals surface area contributed by atoms with Crippen LogP contribution in [0.15, 0.2) is 24.3 Å². The summed E-state index contributed by atoms with van der Waals surface area (Å²) < 4.78 is 0. The third-order valence-electron chi connectivity index (χ3n) is 2.07. The van der Waals surface area contributed by atoms with Crippen molar-refractivity contribution in [3.63, 3.8) is 0 Å². The number of fused-ring (bicyclic) bond motifs is 1. The highest BCUT2D eigenvalue weighted by atomic mass is 16.2. The predicted molar refractivity (Wildman–Crippen MR) is 50.8 cm³/mol. The second-order valence-corrected chi connectivity index (χ2v) is 2.76. The maximum Gasteiger partial charge on any atom is 0.231 e. The average molecular weight is 183 g/mol. The van der Waals surface area contributed by atoms with Gasteiger partial charge in [0.1, 0.15) is 0 Å². The molecule has 0 radical (unpaired) electrons. The molecular weight excluding hydrogens is 170 g/mol. The molecule has 72 valence electrons. The zero-order valence-corrected chi connectivity index (χ0v) is 7.37. The summed E-state index contributed by atoms with van der Waals surface area (Å²) in [5.41, 5.74) is 2.19. The van der Waals surface area contributed by atoms with Crippen LogP contribution in [-0.2, 0) is 11.2 Å². The van der Waals surface area contributed by atoms with Gasteiger partial charge in [0.25, 0.3) is 0 Å². The van der Waals surface area contributed by atoms with Crippen LogP contribution < -0.4 is 4.90 Å². The molecule has 4 N–H and O–H groups in total. The van der Waals surface area contributed by atoms with E-state index in [2.05, 4.69) is 0 Å². The first-order valence-electron chi connectivity index (χ1n) is 3.63. The molecule has 1 amide bonds. The summed E-state index contributed by atoms with van der Waals surface area (Å²) in [7, 11) is 1.81. The standard InChI is InChI=1S/C9H9NO.2H2O/c1-10-8-5-3-2-4-7(8)6-9(10)11;;/h2-5H,6H2,1H3;2*1H2. The highest BCUT2D eigenvalue weighted by Crippen LogP contribution is 2.26. The van der Waals surface area contributed by atoms with Crippen molar-refractivity contribution in [2.45, 2.75) is 6.42 Å². The van der Waals surface area contributed by atoms with Crippen LogP contribution in [0, 0.1) is 0 Å². The van der Waals surface area contributed by atoms with Crippen molar-refractivity contribution in [1.29, 1.82) is 0 Å². The lowest BCUT2D eigenvalue weighted by Crippen LogP contribution is -2.20. The number of rotatable bonds is 0. The van der Waals surface area contributed by atoms with E-state index in [1.54, 1.807) is 4.90 Å². The van der Waals surface area contributed by atoms with E-state index in [1.807, 2.05) is 31.3 Å². The fourth-order valence-corrected chi connectivity index (χ4v) is 1.40. The van der Waals surface area contributed by atoms with Crippen LogP contribution >= 0.6 is 0 Å². The molecule has 0 fully saturated rings. The number of nitrogens with zero attached hydrogens (tertiary/aromatic N) is 1. The Morgan fingerprint density at radius 3 is 2.46 bits per heavy atom. The minimum Gasteiger partial charge on any atom is -0.412 e. The quantitative estimate of drug-likeness (QED) is 0.536. The molecule has 0 saturated carbocycles. The van der Waals surface area contributed by atoms with Gasteiger partial charge in [-0.25, -0.2) is 0 Å². The maximum absolute atomic E-state index is 11.2. The number of carbonyl (C=O) groups excluding carboxylic acids is 1. The highest BCUT2D eigenvalue weighted by molar-refractivity contribution is 6.00. The van der Waals surface area contributed by atoms with Crippen molar-refractivity contribution in [1.82, 2.24) is 0 Å². The topological polar surface area (TPSA) is 83.3 Å². The number of likely N-dealkylation sites (N-methyl/N-ethyl adjacent to an activating group) is 1. The lowest BCUT2D eigenvalue weighted by Gasteiger charge is -2.08. The first-order chi connectivity index (χ1) is 5.29. The zero-order valence-electron chi connectivity index (χ0n) is 7.37. The number of anilines is 1. The molecule has 0 aliphatic carbocycles. The first kappa shape index (κ1) is 11.6. The molecule has 0 bridgehead atoms. The van der Waals surface area contributed by atoms with Crippen LogP contribution in [0.1, 0.15) is 5.56 Å². The van der Waals surface area contributed by atoms with Gasteiger partial charge in [-0.05, 0) is 11.6 Å². The van der Waals surface area contributed by atoms with Gasteiger partial charge in [-0.3, -0.25) is 4.79 Å². The van der Waals surface area contributed by atoms with E-state index in [-0.39, 0.29) is 16.9 Å². The summed E-state index contributed by atoms with van der Waals surface area (Å²) in [5, 5.41) is 0. The molecule has 1 aliphatic heterocycles. The van der Waals surface area contributed by atoms with Crippen molar-refractivity contribution in [3.8, 4) is 0 Å². The van der Waals surface area contributed by atoms with Crippen molar-refractivity contribution in [2.24, 2.45) is 0 Å². The molecular formula is C9H13NO3. The summed E-state index contributed by atoms with van der Waals surface area (Å²) in [4.78, 5) is 12.9. The fourth-order valence-electron chi connectivity index (χ4n) is 1.40. The number of para-hydroxylation sites is 1. The van der Waals surface area contributed by atoms with Crippen molar-refractivity contribution in [3.05, 3.63) is 29.8 Å². The Hall–Kier alpha value is -1.39. The van der Waals surface area contributed by atoms with E-state index in [4.69, 9.17) is 0 Å². The molecule has 13 heavy (non-hydrogen) atoms. The van der Waals surface area contributed by atoms with Gasteiger partial charge in [0.2, 0.25) is 5.91 Å². The number of amides is 1. The van der Waals surface area contributed by atoms with Crippen molar-refractivity contribution in [2.75, 3.05) is 11.9 Å². The van der Waals surface area contributed by atoms with E-state index in [0.29, 0.717) is 6.42 Å². The first-order valence-corrected chi connectivity index (χ1v) is 3.63. The van der Waals surface area contributed by atoms with E-state index >= 15 is 0 Å². The molecule has 1 aromatic carbocycles. The predicted octanol–water partition coefficient (Wildman–Crippen LogP) is -0.444. The third-order valence-corrected chi connectivity index (χ3v) is 2.07. The lowest BCUT2D eigenvalue weighted by molar-refractivity contribution is -0.117. The Balaban J connectivity index is 0.000000720. The summed E-state index contributed by atoms with van der Waals surface area (Å²) in [6, 6.07) is 7.89. The number of carbonyl (C=O) groups is 1. The molecule has 4 nitrogen and oxygen atoms in total. The average Bonchev–Trinajstić information content (AvgIpc) is 2.30. The van der Waals surface area contributed by atoms with Crippen LogP contribution in [0.25, 0.3) is 0 Å². The van der Waals surface area contributed by atoms with Gasteiger partial charge in [-0.1, -0.05) is 18.2 Å². The minimum absolute atomic E-state index is 0. The normalized spacial score (nSPS) is 13.0. The van der Waals surface area contributed by atoms with E-state index in [0.717, 1.165) is 11.3 Å². The fraction of sp³-hybridized carbons (Fsp3) is 0.222. The lowest BCUT2D eigenvalue weighted by atomic mass is 10.2. The maximum atomic E-state index is 11.2. The van der Waals surface area contributed by atoms with Gasteiger partial charge in [0.15, 0.2) is 0 Å². The second kappa shape index (κ2) is 4.02. The Morgan fingerprint density at radius 1 is 1.23 bits per heavy atom. The van der Waals surface area contributed by atoms with Gasteiger partial charge in [0, 0.05) is 12.7 Å². The van der Waals surface area contributed by atoms with Crippen LogP contribution in [0.2, 0.25) is 0 Å². The smallest absolute Gasteiger partial charge is 0.231 e. The minimum atomic E-state index is 0. The molecule has 0 saturated heterocycles. The summed E-state index contributed by atoms with van der Waals surface area (Å²) in [6.45, 7) is 0. The molecule has 2 rings (SSSR count). The Bertz CT molecular complexity index is 311. The molecule has 0 unspecified atom stereocenters. The third kappa shape index (κ3) is 1.68. The van der Waals surface area contributed by atoms with Gasteiger partial charge in [-0.2, -0.15) is 0 Å². The molecule has 0 spiro atoms. The van der Waals surface area contributed by atoms with E-state index in [1.165, 1.54) is 0 Å². The Morgan fingerprint density at radius 2 is 1.85 bits per heavy atom. The summed E-state index contributed by atoms with van der Waals surface area (Å²) in [6.07, 6.45) is 0.562. The summed E-state index contributed by atoms with van der Waals surface area (Å²) in [5.74, 6) is 0.186. The molecule has 0 aromatic heterocycles. The van der Waals surface area contributed by atoms with Gasteiger partial charge in [0.05, 0.1) is 6.42 Å². The van der Waals surface area contributed by atoms with E-state index < -0.39 is 0 Å². The number of hydrogen-bond acceptors (Lipinski definition) is 1. The number of hydrogen-bond donors (Lipinski definition) is 0. The molecule has 1 aromatic rings. The molecule has 1 aliphatic rings. The van der Waals surface area contributed by atoms with Crippen molar-refractivity contribution >= 4 is 11.6 Å². The van der Waals surface area contributed by atoms with Crippen LogP contribution in [-0.4, -0.2) is 23.9 Å². The zero-order chi connectivity index (χ0) is 7.84. The van der Waals surface area contributed by atoms with Gasteiger partial charge >= 0.3 is 0 Å². The Labute approximate surface area is 76.4 Å². The summed E-state index contributed by atoms with van der Waals surface area (Å²) >= 11 is 0. The second-order valence-electron chi connectivity index (χ2n) is 2.76.